The Morgan fingerprint density at radius 1 is 1.44 bits per heavy atom. The van der Waals surface area contributed by atoms with E-state index in [2.05, 4.69) is 12.2 Å². The zero-order valence-corrected chi connectivity index (χ0v) is 9.57. The Labute approximate surface area is 96.0 Å². The van der Waals surface area contributed by atoms with E-state index in [4.69, 9.17) is 5.73 Å². The zero-order chi connectivity index (χ0) is 11.5. The Balaban J connectivity index is 2.04. The van der Waals surface area contributed by atoms with Gasteiger partial charge in [-0.25, -0.2) is 0 Å². The Morgan fingerprint density at radius 3 is 2.75 bits per heavy atom. The second kappa shape index (κ2) is 4.56. The second-order valence-electron chi connectivity index (χ2n) is 4.72. The number of para-hydroxylation sites is 1. The van der Waals surface area contributed by atoms with E-state index in [0.29, 0.717) is 12.5 Å². The Morgan fingerprint density at radius 2 is 2.12 bits per heavy atom. The molecule has 3 nitrogen and oxygen atoms in total. The molecule has 16 heavy (non-hydrogen) atoms. The molecule has 1 aromatic carbocycles. The van der Waals surface area contributed by atoms with Crippen LogP contribution in [-0.4, -0.2) is 11.9 Å². The van der Waals surface area contributed by atoms with Crippen molar-refractivity contribution in [1.82, 2.24) is 0 Å². The summed E-state index contributed by atoms with van der Waals surface area (Å²) in [4.78, 5) is 10.9. The highest BCUT2D eigenvalue weighted by atomic mass is 16.1. The molecule has 0 aliphatic heterocycles. The smallest absolute Gasteiger partial charge is 0.221 e. The summed E-state index contributed by atoms with van der Waals surface area (Å²) >= 11 is 0. The number of primary amides is 1. The molecule has 3 heteroatoms. The average Bonchev–Trinajstić information content (AvgIpc) is 2.17. The van der Waals surface area contributed by atoms with E-state index in [1.54, 1.807) is 0 Å². The van der Waals surface area contributed by atoms with Gasteiger partial charge < -0.3 is 11.1 Å². The number of amides is 1. The number of hydrogen-bond acceptors (Lipinski definition) is 2. The number of nitrogens with one attached hydrogen (secondary N) is 1. The van der Waals surface area contributed by atoms with Crippen molar-refractivity contribution in [3.63, 3.8) is 0 Å². The Kier molecular flexibility index (Phi) is 3.13. The molecule has 0 unspecified atom stereocenters. The number of carbonyl (C=O) groups is 1. The fourth-order valence-electron chi connectivity index (χ4n) is 2.24. The molecule has 0 aromatic heterocycles. The summed E-state index contributed by atoms with van der Waals surface area (Å²) < 4.78 is 0. The van der Waals surface area contributed by atoms with E-state index in [1.165, 1.54) is 12.8 Å². The predicted molar refractivity (Wildman–Crippen MR) is 65.1 cm³/mol. The van der Waals surface area contributed by atoms with E-state index in [9.17, 15) is 4.79 Å². The van der Waals surface area contributed by atoms with Crippen LogP contribution in [0.1, 0.15) is 25.3 Å². The molecule has 1 aromatic rings. The lowest BCUT2D eigenvalue weighted by atomic mass is 9.81. The molecule has 1 fully saturated rings. The standard InChI is InChI=1S/C13H18N2O/c1-9-6-11(7-9)15-12-5-3-2-4-10(12)8-13(14)16/h2-5,9,11,15H,6-8H2,1H3,(H2,14,16). The molecule has 86 valence electrons. The number of rotatable bonds is 4. The topological polar surface area (TPSA) is 55.1 Å². The van der Waals surface area contributed by atoms with Crippen LogP contribution in [0.15, 0.2) is 24.3 Å². The summed E-state index contributed by atoms with van der Waals surface area (Å²) in [6.45, 7) is 2.26. The van der Waals surface area contributed by atoms with Crippen LogP contribution in [0, 0.1) is 5.92 Å². The highest BCUT2D eigenvalue weighted by molar-refractivity contribution is 5.78. The van der Waals surface area contributed by atoms with Crippen LogP contribution in [0.5, 0.6) is 0 Å². The van der Waals surface area contributed by atoms with Crippen molar-refractivity contribution >= 4 is 11.6 Å². The van der Waals surface area contributed by atoms with Crippen LogP contribution < -0.4 is 11.1 Å². The van der Waals surface area contributed by atoms with Crippen LogP contribution in [0.25, 0.3) is 0 Å². The van der Waals surface area contributed by atoms with Crippen LogP contribution >= 0.6 is 0 Å². The van der Waals surface area contributed by atoms with Crippen LogP contribution in [0.4, 0.5) is 5.69 Å². The van der Waals surface area contributed by atoms with Gasteiger partial charge in [0.25, 0.3) is 0 Å². The van der Waals surface area contributed by atoms with Crippen molar-refractivity contribution in [2.75, 3.05) is 5.32 Å². The molecule has 1 amide bonds. The summed E-state index contributed by atoms with van der Waals surface area (Å²) in [5, 5.41) is 3.47. The fraction of sp³-hybridized carbons (Fsp3) is 0.462. The normalized spacial score (nSPS) is 23.6. The minimum absolute atomic E-state index is 0.281. The zero-order valence-electron chi connectivity index (χ0n) is 9.57. The minimum atomic E-state index is -0.281. The van der Waals surface area contributed by atoms with Gasteiger partial charge in [0.1, 0.15) is 0 Å². The third-order valence-corrected chi connectivity index (χ3v) is 3.12. The summed E-state index contributed by atoms with van der Waals surface area (Å²) in [7, 11) is 0. The molecular formula is C13H18N2O. The highest BCUT2D eigenvalue weighted by Gasteiger charge is 2.25. The number of hydrogen-bond donors (Lipinski definition) is 2. The van der Waals surface area contributed by atoms with Crippen LogP contribution in [0.3, 0.4) is 0 Å². The number of nitrogens with two attached hydrogens (primary N) is 1. The van der Waals surface area contributed by atoms with Gasteiger partial charge in [0.2, 0.25) is 5.91 Å². The minimum Gasteiger partial charge on any atom is -0.382 e. The first-order chi connectivity index (χ1) is 7.65. The molecule has 0 heterocycles. The Hall–Kier alpha value is -1.51. The molecule has 0 radical (unpaired) electrons. The van der Waals surface area contributed by atoms with Gasteiger partial charge in [0, 0.05) is 11.7 Å². The first-order valence-corrected chi connectivity index (χ1v) is 5.78. The molecule has 1 aliphatic carbocycles. The lowest BCUT2D eigenvalue weighted by molar-refractivity contribution is -0.117. The van der Waals surface area contributed by atoms with Gasteiger partial charge in [-0.2, -0.15) is 0 Å². The van der Waals surface area contributed by atoms with Crippen LogP contribution in [0.2, 0.25) is 0 Å². The van der Waals surface area contributed by atoms with E-state index in [-0.39, 0.29) is 5.91 Å². The monoisotopic (exact) mass is 218 g/mol. The van der Waals surface area contributed by atoms with E-state index < -0.39 is 0 Å². The summed E-state index contributed by atoms with van der Waals surface area (Å²) in [6.07, 6.45) is 2.74. The van der Waals surface area contributed by atoms with E-state index >= 15 is 0 Å². The predicted octanol–water partition coefficient (Wildman–Crippen LogP) is 1.92. The lowest BCUT2D eigenvalue weighted by Crippen LogP contribution is -2.34. The molecular weight excluding hydrogens is 200 g/mol. The molecule has 0 atom stereocenters. The first kappa shape index (κ1) is 11.0. The quantitative estimate of drug-likeness (QED) is 0.811. The van der Waals surface area contributed by atoms with Gasteiger partial charge in [-0.05, 0) is 30.4 Å². The van der Waals surface area contributed by atoms with Gasteiger partial charge >= 0.3 is 0 Å². The molecule has 1 aliphatic rings. The summed E-state index contributed by atoms with van der Waals surface area (Å²) in [5.41, 5.74) is 7.27. The summed E-state index contributed by atoms with van der Waals surface area (Å²) in [5.74, 6) is 0.539. The third-order valence-electron chi connectivity index (χ3n) is 3.12. The molecule has 0 spiro atoms. The van der Waals surface area contributed by atoms with Gasteiger partial charge in [-0.1, -0.05) is 25.1 Å². The van der Waals surface area contributed by atoms with Gasteiger partial charge in [-0.3, -0.25) is 4.79 Å². The maximum Gasteiger partial charge on any atom is 0.221 e. The van der Waals surface area contributed by atoms with E-state index in [1.807, 2.05) is 24.3 Å². The maximum absolute atomic E-state index is 10.9. The number of anilines is 1. The van der Waals surface area contributed by atoms with Crippen molar-refractivity contribution in [2.24, 2.45) is 11.7 Å². The van der Waals surface area contributed by atoms with Crippen molar-refractivity contribution < 1.29 is 4.79 Å². The first-order valence-electron chi connectivity index (χ1n) is 5.78. The molecule has 0 saturated heterocycles. The maximum atomic E-state index is 10.9. The number of benzene rings is 1. The van der Waals surface area contributed by atoms with Gasteiger partial charge in [0.05, 0.1) is 6.42 Å². The molecule has 1 saturated carbocycles. The van der Waals surface area contributed by atoms with Crippen LogP contribution in [-0.2, 0) is 11.2 Å². The van der Waals surface area contributed by atoms with Crippen molar-refractivity contribution in [2.45, 2.75) is 32.2 Å². The fourth-order valence-corrected chi connectivity index (χ4v) is 2.24. The summed E-state index contributed by atoms with van der Waals surface area (Å²) in [6, 6.07) is 8.45. The van der Waals surface area contributed by atoms with Crippen molar-refractivity contribution in [3.8, 4) is 0 Å². The Bertz CT molecular complexity index is 383. The van der Waals surface area contributed by atoms with E-state index in [0.717, 1.165) is 17.2 Å². The van der Waals surface area contributed by atoms with Gasteiger partial charge in [-0.15, -0.1) is 0 Å². The highest BCUT2D eigenvalue weighted by Crippen LogP contribution is 2.30. The van der Waals surface area contributed by atoms with Crippen molar-refractivity contribution in [3.05, 3.63) is 29.8 Å². The molecule has 3 N–H and O–H groups in total. The number of carbonyl (C=O) groups excluding carboxylic acids is 1. The van der Waals surface area contributed by atoms with Crippen molar-refractivity contribution in [1.29, 1.82) is 0 Å². The SMILES string of the molecule is CC1CC(Nc2ccccc2CC(N)=O)C1. The molecule has 2 rings (SSSR count). The average molecular weight is 218 g/mol. The third kappa shape index (κ3) is 2.54. The lowest BCUT2D eigenvalue weighted by Gasteiger charge is -2.34. The molecule has 0 bridgehead atoms. The van der Waals surface area contributed by atoms with Gasteiger partial charge in [0.15, 0.2) is 0 Å². The second-order valence-corrected chi connectivity index (χ2v) is 4.72. The largest absolute Gasteiger partial charge is 0.382 e.